The Kier molecular flexibility index (Phi) is 5.44. The normalized spacial score (nSPS) is 23.2. The molecule has 1 heterocycles. The number of likely N-dealkylation sites (tertiary alicyclic amines) is 1. The van der Waals surface area contributed by atoms with E-state index < -0.39 is 0 Å². The summed E-state index contributed by atoms with van der Waals surface area (Å²) in [5, 5.41) is 0. The summed E-state index contributed by atoms with van der Waals surface area (Å²) in [7, 11) is 0. The minimum absolute atomic E-state index is 0.0818. The first-order valence-electron chi connectivity index (χ1n) is 6.81. The van der Waals surface area contributed by atoms with E-state index in [1.54, 1.807) is 0 Å². The van der Waals surface area contributed by atoms with Gasteiger partial charge in [-0.2, -0.15) is 0 Å². The number of esters is 1. The number of hydrogen-bond donors (Lipinski definition) is 0. The number of nitrogens with zero attached hydrogens (tertiary/aromatic N) is 1. The molecule has 0 N–H and O–H groups in total. The highest BCUT2D eigenvalue weighted by atomic mass is 16.5. The average molecular weight is 241 g/mol. The van der Waals surface area contributed by atoms with Crippen LogP contribution < -0.4 is 0 Å². The lowest BCUT2D eigenvalue weighted by atomic mass is 9.77. The van der Waals surface area contributed by atoms with Crippen LogP contribution in [0, 0.1) is 11.3 Å². The van der Waals surface area contributed by atoms with Gasteiger partial charge in [-0.1, -0.05) is 20.8 Å². The SMILES string of the molecule is CCOC(=O)CN1CCCC(C(C)(C)C)CC1. The summed E-state index contributed by atoms with van der Waals surface area (Å²) in [5.41, 5.74) is 0.389. The fourth-order valence-corrected chi connectivity index (χ4v) is 2.57. The fourth-order valence-electron chi connectivity index (χ4n) is 2.57. The predicted molar refractivity (Wildman–Crippen MR) is 69.9 cm³/mol. The third-order valence-corrected chi connectivity index (χ3v) is 3.70. The van der Waals surface area contributed by atoms with Crippen LogP contribution in [0.25, 0.3) is 0 Å². The van der Waals surface area contributed by atoms with Crippen molar-refractivity contribution in [3.8, 4) is 0 Å². The van der Waals surface area contributed by atoms with Gasteiger partial charge >= 0.3 is 5.97 Å². The molecule has 3 heteroatoms. The third kappa shape index (κ3) is 5.07. The van der Waals surface area contributed by atoms with Gasteiger partial charge in [0.1, 0.15) is 0 Å². The average Bonchev–Trinajstić information content (AvgIpc) is 2.42. The third-order valence-electron chi connectivity index (χ3n) is 3.70. The molecule has 0 bridgehead atoms. The molecule has 0 aromatic carbocycles. The Hall–Kier alpha value is -0.570. The molecule has 0 spiro atoms. The van der Waals surface area contributed by atoms with E-state index in [9.17, 15) is 4.79 Å². The molecule has 0 aromatic heterocycles. The van der Waals surface area contributed by atoms with Gasteiger partial charge < -0.3 is 4.74 Å². The summed E-state index contributed by atoms with van der Waals surface area (Å²) in [5.74, 6) is 0.691. The van der Waals surface area contributed by atoms with Crippen LogP contribution in [0.2, 0.25) is 0 Å². The summed E-state index contributed by atoms with van der Waals surface area (Å²) in [4.78, 5) is 13.7. The molecule has 1 atom stereocenters. The Morgan fingerprint density at radius 3 is 2.59 bits per heavy atom. The zero-order valence-electron chi connectivity index (χ0n) is 11.8. The predicted octanol–water partition coefficient (Wildman–Crippen LogP) is 2.70. The zero-order chi connectivity index (χ0) is 12.9. The van der Waals surface area contributed by atoms with Crippen LogP contribution in [0.4, 0.5) is 0 Å². The van der Waals surface area contributed by atoms with E-state index in [-0.39, 0.29) is 5.97 Å². The van der Waals surface area contributed by atoms with Gasteiger partial charge in [0, 0.05) is 0 Å². The van der Waals surface area contributed by atoms with Crippen molar-refractivity contribution in [3.63, 3.8) is 0 Å². The highest BCUT2D eigenvalue weighted by Gasteiger charge is 2.27. The van der Waals surface area contributed by atoms with Crippen molar-refractivity contribution in [2.45, 2.75) is 47.0 Å². The van der Waals surface area contributed by atoms with Gasteiger partial charge in [-0.25, -0.2) is 0 Å². The molecule has 1 saturated heterocycles. The maximum Gasteiger partial charge on any atom is 0.320 e. The minimum atomic E-state index is -0.0818. The zero-order valence-corrected chi connectivity index (χ0v) is 11.8. The monoisotopic (exact) mass is 241 g/mol. The Labute approximate surface area is 106 Å². The van der Waals surface area contributed by atoms with Crippen molar-refractivity contribution in [1.29, 1.82) is 0 Å². The van der Waals surface area contributed by atoms with Crippen molar-refractivity contribution < 1.29 is 9.53 Å². The second kappa shape index (κ2) is 6.39. The molecule has 1 aliphatic rings. The molecular formula is C14H27NO2. The molecule has 0 radical (unpaired) electrons. The topological polar surface area (TPSA) is 29.5 Å². The molecule has 1 aliphatic heterocycles. The van der Waals surface area contributed by atoms with Crippen LogP contribution in [-0.4, -0.2) is 37.1 Å². The van der Waals surface area contributed by atoms with Gasteiger partial charge in [0.2, 0.25) is 0 Å². The van der Waals surface area contributed by atoms with Crippen LogP contribution in [0.1, 0.15) is 47.0 Å². The molecule has 100 valence electrons. The van der Waals surface area contributed by atoms with Crippen molar-refractivity contribution in [2.75, 3.05) is 26.2 Å². The summed E-state index contributed by atoms with van der Waals surface area (Å²) in [6.45, 7) is 11.8. The van der Waals surface area contributed by atoms with Gasteiger partial charge in [-0.3, -0.25) is 9.69 Å². The van der Waals surface area contributed by atoms with Crippen molar-refractivity contribution in [2.24, 2.45) is 11.3 Å². The molecule has 1 fully saturated rings. The van der Waals surface area contributed by atoms with E-state index in [0.717, 1.165) is 19.0 Å². The lowest BCUT2D eigenvalue weighted by molar-refractivity contribution is -0.144. The van der Waals surface area contributed by atoms with E-state index >= 15 is 0 Å². The van der Waals surface area contributed by atoms with E-state index in [2.05, 4.69) is 25.7 Å². The smallest absolute Gasteiger partial charge is 0.320 e. The molecule has 1 unspecified atom stereocenters. The van der Waals surface area contributed by atoms with Crippen LogP contribution in [0.15, 0.2) is 0 Å². The molecule has 17 heavy (non-hydrogen) atoms. The van der Waals surface area contributed by atoms with E-state index in [1.165, 1.54) is 19.3 Å². The minimum Gasteiger partial charge on any atom is -0.465 e. The lowest BCUT2D eigenvalue weighted by Crippen LogP contribution is -2.32. The second-order valence-electron chi connectivity index (χ2n) is 6.08. The van der Waals surface area contributed by atoms with Gasteiger partial charge in [-0.15, -0.1) is 0 Å². The number of carbonyl (C=O) groups is 1. The summed E-state index contributed by atoms with van der Waals surface area (Å²) in [6.07, 6.45) is 3.67. The Balaban J connectivity index is 2.40. The molecule has 0 amide bonds. The first-order chi connectivity index (χ1) is 7.93. The van der Waals surface area contributed by atoms with Crippen molar-refractivity contribution >= 4 is 5.97 Å². The standard InChI is InChI=1S/C14H27NO2/c1-5-17-13(16)11-15-9-6-7-12(8-10-15)14(2,3)4/h12H,5-11H2,1-4H3. The number of rotatable bonds is 3. The largest absolute Gasteiger partial charge is 0.465 e. The first kappa shape index (κ1) is 14.5. The van der Waals surface area contributed by atoms with Crippen LogP contribution in [0.5, 0.6) is 0 Å². The quantitative estimate of drug-likeness (QED) is 0.712. The van der Waals surface area contributed by atoms with E-state index in [1.807, 2.05) is 6.92 Å². The number of carbonyl (C=O) groups excluding carboxylic acids is 1. The second-order valence-corrected chi connectivity index (χ2v) is 6.08. The molecular weight excluding hydrogens is 214 g/mol. The Morgan fingerprint density at radius 2 is 2.00 bits per heavy atom. The van der Waals surface area contributed by atoms with Gasteiger partial charge in [-0.05, 0) is 50.6 Å². The van der Waals surface area contributed by atoms with Crippen LogP contribution in [-0.2, 0) is 9.53 Å². The van der Waals surface area contributed by atoms with E-state index in [4.69, 9.17) is 4.74 Å². The molecule has 3 nitrogen and oxygen atoms in total. The lowest BCUT2D eigenvalue weighted by Gasteiger charge is -2.29. The molecule has 0 aliphatic carbocycles. The highest BCUT2D eigenvalue weighted by Crippen LogP contribution is 2.34. The fraction of sp³-hybridized carbons (Fsp3) is 0.929. The van der Waals surface area contributed by atoms with Crippen molar-refractivity contribution in [1.82, 2.24) is 4.90 Å². The van der Waals surface area contributed by atoms with Gasteiger partial charge in [0.05, 0.1) is 13.2 Å². The van der Waals surface area contributed by atoms with Gasteiger partial charge in [0.25, 0.3) is 0 Å². The number of hydrogen-bond acceptors (Lipinski definition) is 3. The van der Waals surface area contributed by atoms with E-state index in [0.29, 0.717) is 18.6 Å². The number of ether oxygens (including phenoxy) is 1. The molecule has 0 saturated carbocycles. The maximum absolute atomic E-state index is 11.4. The molecule has 0 aromatic rings. The summed E-state index contributed by atoms with van der Waals surface area (Å²) >= 11 is 0. The Morgan fingerprint density at radius 1 is 1.29 bits per heavy atom. The first-order valence-corrected chi connectivity index (χ1v) is 6.81. The van der Waals surface area contributed by atoms with Crippen molar-refractivity contribution in [3.05, 3.63) is 0 Å². The van der Waals surface area contributed by atoms with Crippen LogP contribution in [0.3, 0.4) is 0 Å². The Bertz CT molecular complexity index is 245. The van der Waals surface area contributed by atoms with Crippen LogP contribution >= 0.6 is 0 Å². The van der Waals surface area contributed by atoms with Gasteiger partial charge in [0.15, 0.2) is 0 Å². The summed E-state index contributed by atoms with van der Waals surface area (Å²) in [6, 6.07) is 0. The summed E-state index contributed by atoms with van der Waals surface area (Å²) < 4.78 is 5.00. The highest BCUT2D eigenvalue weighted by molar-refractivity contribution is 5.71. The molecule has 1 rings (SSSR count). The maximum atomic E-state index is 11.4.